The van der Waals surface area contributed by atoms with Crippen molar-refractivity contribution in [1.29, 1.82) is 0 Å². The van der Waals surface area contributed by atoms with Crippen LogP contribution >= 0.6 is 46.6 Å². The van der Waals surface area contributed by atoms with Crippen molar-refractivity contribution in [1.82, 2.24) is 15.2 Å². The summed E-state index contributed by atoms with van der Waals surface area (Å²) in [4.78, 5) is 16.4. The van der Waals surface area contributed by atoms with E-state index in [0.717, 1.165) is 17.3 Å². The van der Waals surface area contributed by atoms with Gasteiger partial charge < -0.3 is 5.32 Å². The van der Waals surface area contributed by atoms with Crippen LogP contribution in [-0.4, -0.2) is 26.8 Å². The van der Waals surface area contributed by atoms with E-state index in [1.165, 1.54) is 24.3 Å². The van der Waals surface area contributed by atoms with Gasteiger partial charge in [0.2, 0.25) is 11.1 Å². The van der Waals surface area contributed by atoms with Gasteiger partial charge in [-0.2, -0.15) is 0 Å². The van der Waals surface area contributed by atoms with Gasteiger partial charge in [0.05, 0.1) is 21.5 Å². The van der Waals surface area contributed by atoms with E-state index < -0.39 is 0 Å². The molecule has 1 amide bonds. The lowest BCUT2D eigenvalue weighted by Crippen LogP contribution is -2.14. The van der Waals surface area contributed by atoms with Crippen LogP contribution in [0.4, 0.5) is 10.1 Å². The largest absolute Gasteiger partial charge is 0.323 e. The van der Waals surface area contributed by atoms with Crippen molar-refractivity contribution in [3.63, 3.8) is 0 Å². The van der Waals surface area contributed by atoms with Gasteiger partial charge in [0.1, 0.15) is 11.6 Å². The van der Waals surface area contributed by atoms with Crippen LogP contribution in [0.1, 0.15) is 11.4 Å². The van der Waals surface area contributed by atoms with Crippen molar-refractivity contribution >= 4 is 70.3 Å². The van der Waals surface area contributed by atoms with Crippen molar-refractivity contribution in [2.75, 3.05) is 11.1 Å². The number of rotatable bonds is 6. The number of carbonyl (C=O) groups is 1. The molecule has 1 aromatic heterocycles. The van der Waals surface area contributed by atoms with Crippen LogP contribution in [0.2, 0.25) is 15.1 Å². The highest BCUT2D eigenvalue weighted by atomic mass is 35.5. The topological polar surface area (TPSA) is 70.7 Å². The number of hydrogen-bond donors (Lipinski definition) is 2. The van der Waals surface area contributed by atoms with Gasteiger partial charge in [-0.15, -0.1) is 5.10 Å². The maximum atomic E-state index is 12.9. The zero-order valence-electron chi connectivity index (χ0n) is 14.0. The number of H-pyrrole nitrogens is 1. The molecule has 3 aromatic rings. The van der Waals surface area contributed by atoms with E-state index in [1.807, 2.05) is 0 Å². The van der Waals surface area contributed by atoms with Gasteiger partial charge in [0.25, 0.3) is 0 Å². The Bertz CT molecular complexity index is 1000. The van der Waals surface area contributed by atoms with Gasteiger partial charge in [-0.05, 0) is 35.9 Å². The summed E-state index contributed by atoms with van der Waals surface area (Å²) in [6.07, 6.45) is 3.48. The number of aromatic nitrogens is 3. The molecular weight excluding hydrogens is 446 g/mol. The number of halogens is 4. The van der Waals surface area contributed by atoms with E-state index in [9.17, 15) is 9.18 Å². The number of thioether (sulfide) groups is 1. The monoisotopic (exact) mass is 456 g/mol. The number of benzene rings is 2. The summed E-state index contributed by atoms with van der Waals surface area (Å²) in [6, 6.07) is 9.03. The molecule has 28 heavy (non-hydrogen) atoms. The highest BCUT2D eigenvalue weighted by molar-refractivity contribution is 7.99. The third-order valence-electron chi connectivity index (χ3n) is 3.39. The Kier molecular flexibility index (Phi) is 6.96. The maximum Gasteiger partial charge on any atom is 0.234 e. The van der Waals surface area contributed by atoms with Crippen molar-refractivity contribution in [2.24, 2.45) is 0 Å². The van der Waals surface area contributed by atoms with Crippen LogP contribution in [0.25, 0.3) is 12.2 Å². The maximum absolute atomic E-state index is 12.9. The minimum atomic E-state index is -0.315. The molecule has 10 heteroatoms. The highest BCUT2D eigenvalue weighted by Crippen LogP contribution is 2.33. The van der Waals surface area contributed by atoms with Crippen LogP contribution < -0.4 is 5.32 Å². The van der Waals surface area contributed by atoms with Gasteiger partial charge in [0, 0.05) is 5.02 Å². The first-order chi connectivity index (χ1) is 13.4. The van der Waals surface area contributed by atoms with Crippen molar-refractivity contribution < 1.29 is 9.18 Å². The second-order valence-corrected chi connectivity index (χ2v) is 7.66. The first kappa shape index (κ1) is 20.7. The zero-order chi connectivity index (χ0) is 20.1. The molecule has 0 atom stereocenters. The molecule has 5 nitrogen and oxygen atoms in total. The van der Waals surface area contributed by atoms with Gasteiger partial charge in [-0.25, -0.2) is 9.37 Å². The molecule has 1 heterocycles. The standard InChI is InChI=1S/C18H12Cl3FN4OS/c19-11-7-13(20)17(14(21)8-11)24-16(27)9-28-18-23-15(25-26-18)6-3-10-1-4-12(22)5-2-10/h1-8H,9H2,(H,24,27)(H,23,25,26)/b6-3+. The van der Waals surface area contributed by atoms with Crippen molar-refractivity contribution in [2.45, 2.75) is 5.16 Å². The average molecular weight is 458 g/mol. The van der Waals surface area contributed by atoms with Crippen LogP contribution in [0.15, 0.2) is 41.6 Å². The number of hydrogen-bond acceptors (Lipinski definition) is 4. The van der Waals surface area contributed by atoms with E-state index in [-0.39, 0.29) is 27.5 Å². The summed E-state index contributed by atoms with van der Waals surface area (Å²) in [5.41, 5.74) is 1.12. The molecule has 144 valence electrons. The first-order valence-corrected chi connectivity index (χ1v) is 9.96. The van der Waals surface area contributed by atoms with Gasteiger partial charge in [-0.1, -0.05) is 64.8 Å². The summed E-state index contributed by atoms with van der Waals surface area (Å²) >= 11 is 19.1. The number of anilines is 1. The fraction of sp³-hybridized carbons (Fsp3) is 0.0556. The number of amides is 1. The Morgan fingerprint density at radius 1 is 1.14 bits per heavy atom. The molecular formula is C18H12Cl3FN4OS. The molecule has 0 fully saturated rings. The number of carbonyl (C=O) groups excluding carboxylic acids is 1. The van der Waals surface area contributed by atoms with E-state index in [2.05, 4.69) is 20.5 Å². The van der Waals surface area contributed by atoms with Gasteiger partial charge in [0.15, 0.2) is 0 Å². The minimum absolute atomic E-state index is 0.0637. The molecule has 0 saturated heterocycles. The minimum Gasteiger partial charge on any atom is -0.323 e. The molecule has 0 unspecified atom stereocenters. The molecule has 0 spiro atoms. The number of nitrogens with zero attached hydrogens (tertiary/aromatic N) is 2. The Morgan fingerprint density at radius 2 is 1.82 bits per heavy atom. The molecule has 2 aromatic carbocycles. The summed E-state index contributed by atoms with van der Waals surface area (Å²) in [6.45, 7) is 0. The highest BCUT2D eigenvalue weighted by Gasteiger charge is 2.12. The molecule has 0 aliphatic rings. The molecule has 0 bridgehead atoms. The first-order valence-electron chi connectivity index (χ1n) is 7.84. The molecule has 0 radical (unpaired) electrons. The lowest BCUT2D eigenvalue weighted by molar-refractivity contribution is -0.113. The molecule has 0 saturated carbocycles. The van der Waals surface area contributed by atoms with E-state index in [4.69, 9.17) is 34.8 Å². The average Bonchev–Trinajstić information content (AvgIpc) is 3.10. The quantitative estimate of drug-likeness (QED) is 0.459. The normalized spacial score (nSPS) is 11.1. The van der Waals surface area contributed by atoms with Gasteiger partial charge in [-0.3, -0.25) is 9.89 Å². The third-order valence-corrected chi connectivity index (χ3v) is 5.05. The van der Waals surface area contributed by atoms with Crippen LogP contribution in [-0.2, 0) is 4.79 Å². The number of aromatic amines is 1. The summed E-state index contributed by atoms with van der Waals surface area (Å²) in [5.74, 6) is -0.0378. The Morgan fingerprint density at radius 3 is 2.50 bits per heavy atom. The summed E-state index contributed by atoms with van der Waals surface area (Å²) in [7, 11) is 0. The summed E-state index contributed by atoms with van der Waals surface area (Å²) < 4.78 is 12.9. The Balaban J connectivity index is 1.55. The Labute approximate surface area is 179 Å². The zero-order valence-corrected chi connectivity index (χ0v) is 17.1. The van der Waals surface area contributed by atoms with E-state index in [1.54, 1.807) is 24.3 Å². The van der Waals surface area contributed by atoms with Crippen molar-refractivity contribution in [3.05, 3.63) is 68.7 Å². The van der Waals surface area contributed by atoms with Crippen LogP contribution in [0, 0.1) is 5.82 Å². The fourth-order valence-electron chi connectivity index (χ4n) is 2.11. The molecule has 2 N–H and O–H groups in total. The third kappa shape index (κ3) is 5.72. The summed E-state index contributed by atoms with van der Waals surface area (Å²) in [5, 5.41) is 10.7. The fourth-order valence-corrected chi connectivity index (χ4v) is 3.63. The Hall–Kier alpha value is -2.06. The second-order valence-electron chi connectivity index (χ2n) is 5.47. The van der Waals surface area contributed by atoms with Crippen LogP contribution in [0.5, 0.6) is 0 Å². The van der Waals surface area contributed by atoms with Crippen LogP contribution in [0.3, 0.4) is 0 Å². The van der Waals surface area contributed by atoms with Gasteiger partial charge >= 0.3 is 0 Å². The lowest BCUT2D eigenvalue weighted by Gasteiger charge is -2.09. The smallest absolute Gasteiger partial charge is 0.234 e. The molecule has 0 aliphatic carbocycles. The predicted molar refractivity (Wildman–Crippen MR) is 113 cm³/mol. The van der Waals surface area contributed by atoms with E-state index in [0.29, 0.717) is 21.7 Å². The predicted octanol–water partition coefficient (Wildman–Crippen LogP) is 5.81. The number of nitrogens with one attached hydrogen (secondary N) is 2. The van der Waals surface area contributed by atoms with E-state index >= 15 is 0 Å². The SMILES string of the molecule is O=C(CSc1n[nH]c(/C=C/c2ccc(F)cc2)n1)Nc1c(Cl)cc(Cl)cc1Cl. The van der Waals surface area contributed by atoms with Crippen molar-refractivity contribution in [3.8, 4) is 0 Å². The molecule has 0 aliphatic heterocycles. The molecule has 3 rings (SSSR count). The second kappa shape index (κ2) is 9.43. The lowest BCUT2D eigenvalue weighted by atomic mass is 10.2.